The third-order valence-electron chi connectivity index (χ3n) is 9.19. The predicted molar refractivity (Wildman–Crippen MR) is 209 cm³/mol. The molecule has 0 radical (unpaired) electrons. The molecule has 51 heavy (non-hydrogen) atoms. The van der Waals surface area contributed by atoms with E-state index in [1.807, 2.05) is 84.9 Å². The maximum Gasteiger partial charge on any atom is 0.165 e. The Morgan fingerprint density at radius 3 is 1.94 bits per heavy atom. The number of rotatable bonds is 5. The van der Waals surface area contributed by atoms with Gasteiger partial charge < -0.3 is 4.57 Å². The summed E-state index contributed by atoms with van der Waals surface area (Å²) in [6, 6.07) is 40.4. The van der Waals surface area contributed by atoms with Gasteiger partial charge in [0, 0.05) is 53.3 Å². The molecule has 0 saturated carbocycles. The van der Waals surface area contributed by atoms with E-state index in [-0.39, 0.29) is 28.9 Å². The summed E-state index contributed by atoms with van der Waals surface area (Å²) in [4.78, 5) is 14.7. The summed E-state index contributed by atoms with van der Waals surface area (Å²) in [5.74, 6) is 0.132. The van der Waals surface area contributed by atoms with Crippen LogP contribution in [0.4, 0.5) is 4.39 Å². The summed E-state index contributed by atoms with van der Waals surface area (Å²) < 4.78 is 61.8. The zero-order chi connectivity index (χ0) is 38.2. The highest BCUT2D eigenvalue weighted by molar-refractivity contribution is 7.26. The zero-order valence-electron chi connectivity index (χ0n) is 31.8. The molecule has 0 fully saturated rings. The molecule has 0 atom stereocenters. The Bertz CT molecular complexity index is 3190. The fraction of sp³-hybridized carbons (Fsp3) is 0. The van der Waals surface area contributed by atoms with Crippen LogP contribution in [0.5, 0.6) is 0 Å². The van der Waals surface area contributed by atoms with Crippen LogP contribution >= 0.6 is 11.3 Å². The second kappa shape index (κ2) is 11.8. The molecule has 0 aliphatic heterocycles. The Hall–Kier alpha value is -6.50. The van der Waals surface area contributed by atoms with Crippen LogP contribution in [0.2, 0.25) is 0 Å². The minimum absolute atomic E-state index is 0.0468. The number of para-hydroxylation sites is 1. The highest BCUT2D eigenvalue weighted by atomic mass is 32.1. The molecule has 0 N–H and O–H groups in total. The molecule has 0 aliphatic rings. The summed E-state index contributed by atoms with van der Waals surface area (Å²) in [6.45, 7) is 0. The van der Waals surface area contributed by atoms with Crippen LogP contribution in [0.3, 0.4) is 0 Å². The third-order valence-corrected chi connectivity index (χ3v) is 10.5. The predicted octanol–water partition coefficient (Wildman–Crippen LogP) is 12.1. The number of thiophene rings is 1. The number of nitrogens with zero attached hydrogens (tertiary/aromatic N) is 4. The molecule has 3 heterocycles. The van der Waals surface area contributed by atoms with Gasteiger partial charge in [0.1, 0.15) is 5.82 Å². The molecule has 0 spiro atoms. The molecule has 0 amide bonds. The minimum Gasteiger partial charge on any atom is -0.309 e. The molecule has 0 aliphatic carbocycles. The van der Waals surface area contributed by atoms with E-state index in [9.17, 15) is 0 Å². The number of benzene rings is 7. The van der Waals surface area contributed by atoms with Crippen molar-refractivity contribution in [3.05, 3.63) is 169 Å². The lowest BCUT2D eigenvalue weighted by molar-refractivity contribution is 0.629. The van der Waals surface area contributed by atoms with Gasteiger partial charge in [0.15, 0.2) is 17.5 Å². The monoisotopic (exact) mass is 679 g/mol. The van der Waals surface area contributed by atoms with Crippen LogP contribution in [0.1, 0.15) is 6.85 Å². The summed E-state index contributed by atoms with van der Waals surface area (Å²) >= 11 is 1.61. The topological polar surface area (TPSA) is 43.6 Å². The Kier molecular flexibility index (Phi) is 5.71. The Morgan fingerprint density at radius 1 is 0.490 bits per heavy atom. The first-order valence-corrected chi connectivity index (χ1v) is 17.2. The number of fused-ring (bicyclic) bond motifs is 6. The number of halogens is 1. The quantitative estimate of drug-likeness (QED) is 0.182. The summed E-state index contributed by atoms with van der Waals surface area (Å²) in [5, 5.41) is 3.83. The number of aromatic nitrogens is 4. The molecule has 10 aromatic rings. The van der Waals surface area contributed by atoms with Crippen molar-refractivity contribution in [2.75, 3.05) is 0 Å². The van der Waals surface area contributed by atoms with E-state index in [0.717, 1.165) is 53.3 Å². The lowest BCUT2D eigenvalue weighted by Gasteiger charge is -2.13. The van der Waals surface area contributed by atoms with Gasteiger partial charge in [-0.15, -0.1) is 11.3 Å². The highest BCUT2D eigenvalue weighted by Crippen LogP contribution is 2.45. The third kappa shape index (κ3) is 4.91. The van der Waals surface area contributed by atoms with Crippen molar-refractivity contribution in [3.63, 3.8) is 0 Å². The SMILES string of the molecule is [2H]c1c([2H])c([2H])c(-c2nc(-c3ccccc3)nc(-c3cc(-n4c5ccccc5c5ccc(F)cc54)cc4c3sc3c(-c5ccccc5)cccc34)n2)c([2H])c1[2H]. The maximum atomic E-state index is 15.1. The average Bonchev–Trinajstić information content (AvgIpc) is 3.78. The van der Waals surface area contributed by atoms with Gasteiger partial charge in [-0.1, -0.05) is 127 Å². The van der Waals surface area contributed by atoms with E-state index >= 15 is 4.39 Å². The van der Waals surface area contributed by atoms with Crippen LogP contribution < -0.4 is 0 Å². The Labute approximate surface area is 303 Å². The summed E-state index contributed by atoms with van der Waals surface area (Å²) in [5.41, 5.74) is 5.66. The highest BCUT2D eigenvalue weighted by Gasteiger charge is 2.21. The van der Waals surface area contributed by atoms with Gasteiger partial charge in [0.2, 0.25) is 0 Å². The molecular weight excluding hydrogens is 648 g/mol. The van der Waals surface area contributed by atoms with Gasteiger partial charge in [-0.2, -0.15) is 0 Å². The van der Waals surface area contributed by atoms with Gasteiger partial charge >= 0.3 is 0 Å². The van der Waals surface area contributed by atoms with Crippen molar-refractivity contribution in [2.24, 2.45) is 0 Å². The second-order valence-corrected chi connectivity index (χ2v) is 13.2. The number of hydrogen-bond donors (Lipinski definition) is 0. The van der Waals surface area contributed by atoms with E-state index in [2.05, 4.69) is 34.9 Å². The zero-order valence-corrected chi connectivity index (χ0v) is 27.6. The van der Waals surface area contributed by atoms with Gasteiger partial charge in [-0.3, -0.25) is 0 Å². The van der Waals surface area contributed by atoms with Gasteiger partial charge in [0.05, 0.1) is 17.9 Å². The van der Waals surface area contributed by atoms with Gasteiger partial charge in [-0.25, -0.2) is 19.3 Å². The first kappa shape index (κ1) is 24.6. The first-order chi connectivity index (χ1) is 27.3. The minimum atomic E-state index is -0.502. The molecule has 10 rings (SSSR count). The first-order valence-electron chi connectivity index (χ1n) is 18.9. The molecule has 7 aromatic carbocycles. The molecule has 4 nitrogen and oxygen atoms in total. The molecule has 240 valence electrons. The largest absolute Gasteiger partial charge is 0.309 e. The summed E-state index contributed by atoms with van der Waals surface area (Å²) in [6.07, 6.45) is 0. The van der Waals surface area contributed by atoms with Crippen molar-refractivity contribution in [1.29, 1.82) is 0 Å². The van der Waals surface area contributed by atoms with E-state index in [1.54, 1.807) is 23.5 Å². The van der Waals surface area contributed by atoms with Crippen molar-refractivity contribution >= 4 is 53.3 Å². The van der Waals surface area contributed by atoms with Crippen LogP contribution in [-0.4, -0.2) is 19.5 Å². The fourth-order valence-corrected chi connectivity index (χ4v) is 8.26. The second-order valence-electron chi connectivity index (χ2n) is 12.2. The Morgan fingerprint density at radius 2 is 1.14 bits per heavy atom. The fourth-order valence-electron chi connectivity index (χ4n) is 6.93. The van der Waals surface area contributed by atoms with Crippen molar-refractivity contribution in [3.8, 4) is 51.0 Å². The molecule has 0 bridgehead atoms. The van der Waals surface area contributed by atoms with E-state index < -0.39 is 30.2 Å². The Balaban J connectivity index is 1.35. The molecule has 0 saturated heterocycles. The lowest BCUT2D eigenvalue weighted by Crippen LogP contribution is -2.01. The van der Waals surface area contributed by atoms with E-state index in [4.69, 9.17) is 21.8 Å². The lowest BCUT2D eigenvalue weighted by atomic mass is 10.0. The van der Waals surface area contributed by atoms with Crippen LogP contribution in [0, 0.1) is 5.82 Å². The molecular formula is C45H27FN4S. The average molecular weight is 680 g/mol. The normalized spacial score (nSPS) is 13.0. The molecule has 0 unspecified atom stereocenters. The summed E-state index contributed by atoms with van der Waals surface area (Å²) in [7, 11) is 0. The van der Waals surface area contributed by atoms with Gasteiger partial charge in [-0.05, 0) is 47.5 Å². The van der Waals surface area contributed by atoms with Crippen LogP contribution in [0.15, 0.2) is 164 Å². The van der Waals surface area contributed by atoms with E-state index in [1.165, 1.54) is 6.07 Å². The number of hydrogen-bond acceptors (Lipinski definition) is 4. The maximum absolute atomic E-state index is 15.1. The van der Waals surface area contributed by atoms with E-state index in [0.29, 0.717) is 16.6 Å². The van der Waals surface area contributed by atoms with Crippen molar-refractivity contribution < 1.29 is 11.2 Å². The van der Waals surface area contributed by atoms with Crippen molar-refractivity contribution in [1.82, 2.24) is 19.5 Å². The van der Waals surface area contributed by atoms with Crippen LogP contribution in [0.25, 0.3) is 93.0 Å². The smallest absolute Gasteiger partial charge is 0.165 e. The van der Waals surface area contributed by atoms with Crippen LogP contribution in [-0.2, 0) is 0 Å². The van der Waals surface area contributed by atoms with Crippen molar-refractivity contribution in [2.45, 2.75) is 0 Å². The molecule has 3 aromatic heterocycles. The van der Waals surface area contributed by atoms with Gasteiger partial charge in [0.25, 0.3) is 0 Å². The standard InChI is InChI=1S/C45H27FN4S/c46-31-23-24-35-34-19-10-11-22-39(34)50(40(35)25-31)32-26-37-36-21-12-20-33(28-13-4-1-5-14-28)41(36)51-42(37)38(27-32)45-48-43(29-15-6-2-7-16-29)47-44(49-45)30-17-8-3-9-18-30/h1-27H/i2D,6D,7D,15D,16D. The molecule has 6 heteroatoms.